The van der Waals surface area contributed by atoms with E-state index in [0.29, 0.717) is 32.7 Å². The van der Waals surface area contributed by atoms with E-state index >= 15 is 0 Å². The fraction of sp³-hybridized carbons (Fsp3) is 0.542. The van der Waals surface area contributed by atoms with Crippen molar-refractivity contribution in [3.05, 3.63) is 52.2 Å². The zero-order valence-corrected chi connectivity index (χ0v) is 20.7. The lowest BCUT2D eigenvalue weighted by Gasteiger charge is -2.33. The molecule has 1 amide bonds. The highest BCUT2D eigenvalue weighted by Crippen LogP contribution is 2.24. The lowest BCUT2D eigenvalue weighted by Crippen LogP contribution is -2.49. The van der Waals surface area contributed by atoms with Gasteiger partial charge in [-0.3, -0.25) is 9.69 Å². The molecule has 0 bridgehead atoms. The monoisotopic (exact) mass is 492 g/mol. The molecule has 0 saturated carbocycles. The third-order valence-electron chi connectivity index (χ3n) is 6.30. The summed E-state index contributed by atoms with van der Waals surface area (Å²) in [5.41, 5.74) is 1.01. The summed E-state index contributed by atoms with van der Waals surface area (Å²) >= 11 is 1.66. The summed E-state index contributed by atoms with van der Waals surface area (Å²) in [4.78, 5) is 18.7. The van der Waals surface area contributed by atoms with Gasteiger partial charge in [-0.1, -0.05) is 24.3 Å². The quantitative estimate of drug-likeness (QED) is 0.508. The number of hydrogen-bond donors (Lipinski definition) is 0. The highest BCUT2D eigenvalue weighted by Gasteiger charge is 2.36. The second kappa shape index (κ2) is 11.0. The molecule has 2 unspecified atom stereocenters. The molecule has 0 radical (unpaired) electrons. The molecule has 0 aliphatic carbocycles. The van der Waals surface area contributed by atoms with Crippen LogP contribution in [0.3, 0.4) is 0 Å². The average molecular weight is 493 g/mol. The van der Waals surface area contributed by atoms with Crippen molar-refractivity contribution in [2.24, 2.45) is 0 Å². The van der Waals surface area contributed by atoms with Gasteiger partial charge in [0.2, 0.25) is 5.91 Å². The van der Waals surface area contributed by atoms with Gasteiger partial charge in [0.05, 0.1) is 31.3 Å². The molecule has 2 saturated heterocycles. The molecular formula is C24H32N2O5S2. The first kappa shape index (κ1) is 24.2. The SMILES string of the molecule is COc1ccccc1CN(CC(=O)N(CC1CCCO1)C1CCS(=O)(=O)C1)Cc1cccs1. The number of carbonyl (C=O) groups excluding carboxylic acids is 1. The first-order valence-electron chi connectivity index (χ1n) is 11.4. The molecule has 1 aromatic carbocycles. The Morgan fingerprint density at radius 3 is 2.70 bits per heavy atom. The number of ether oxygens (including phenoxy) is 2. The van der Waals surface area contributed by atoms with Crippen LogP contribution in [0.1, 0.15) is 29.7 Å². The number of para-hydroxylation sites is 1. The normalized spacial score (nSPS) is 22.0. The minimum atomic E-state index is -3.10. The topological polar surface area (TPSA) is 76.2 Å². The van der Waals surface area contributed by atoms with Crippen LogP contribution in [-0.2, 0) is 32.5 Å². The van der Waals surface area contributed by atoms with Gasteiger partial charge in [-0.2, -0.15) is 0 Å². The van der Waals surface area contributed by atoms with Crippen LogP contribution in [0.25, 0.3) is 0 Å². The van der Waals surface area contributed by atoms with Crippen molar-refractivity contribution in [3.63, 3.8) is 0 Å². The highest BCUT2D eigenvalue weighted by atomic mass is 32.2. The Bertz CT molecular complexity index is 1020. The van der Waals surface area contributed by atoms with Crippen molar-refractivity contribution in [2.45, 2.75) is 44.5 Å². The van der Waals surface area contributed by atoms with Gasteiger partial charge in [0.1, 0.15) is 5.75 Å². The lowest BCUT2D eigenvalue weighted by molar-refractivity contribution is -0.136. The van der Waals surface area contributed by atoms with Crippen LogP contribution >= 0.6 is 11.3 Å². The Morgan fingerprint density at radius 1 is 1.18 bits per heavy atom. The molecular weight excluding hydrogens is 460 g/mol. The second-order valence-corrected chi connectivity index (χ2v) is 12.0. The molecule has 0 spiro atoms. The number of rotatable bonds is 10. The molecule has 1 aromatic heterocycles. The summed E-state index contributed by atoms with van der Waals surface area (Å²) in [6, 6.07) is 11.6. The minimum absolute atomic E-state index is 0.0165. The van der Waals surface area contributed by atoms with Crippen LogP contribution in [-0.4, -0.2) is 74.6 Å². The van der Waals surface area contributed by atoms with Crippen molar-refractivity contribution >= 4 is 27.1 Å². The molecule has 0 N–H and O–H groups in total. The van der Waals surface area contributed by atoms with Crippen LogP contribution < -0.4 is 4.74 Å². The Balaban J connectivity index is 1.53. The predicted molar refractivity (Wildman–Crippen MR) is 129 cm³/mol. The first-order valence-corrected chi connectivity index (χ1v) is 14.1. The van der Waals surface area contributed by atoms with Gasteiger partial charge < -0.3 is 14.4 Å². The van der Waals surface area contributed by atoms with Crippen LogP contribution in [0, 0.1) is 0 Å². The fourth-order valence-corrected chi connectivity index (χ4v) is 7.11. The van der Waals surface area contributed by atoms with E-state index in [1.165, 1.54) is 4.88 Å². The molecule has 2 aliphatic heterocycles. The Labute approximate surface area is 200 Å². The van der Waals surface area contributed by atoms with Gasteiger partial charge in [0.25, 0.3) is 0 Å². The minimum Gasteiger partial charge on any atom is -0.496 e. The number of methoxy groups -OCH3 is 1. The lowest BCUT2D eigenvalue weighted by atomic mass is 10.1. The number of nitrogens with zero attached hydrogens (tertiary/aromatic N) is 2. The van der Waals surface area contributed by atoms with Gasteiger partial charge in [0, 0.05) is 42.7 Å². The second-order valence-electron chi connectivity index (χ2n) is 8.77. The van der Waals surface area contributed by atoms with Crippen molar-refractivity contribution in [1.29, 1.82) is 0 Å². The van der Waals surface area contributed by atoms with Crippen molar-refractivity contribution < 1.29 is 22.7 Å². The van der Waals surface area contributed by atoms with E-state index in [1.54, 1.807) is 23.3 Å². The van der Waals surface area contributed by atoms with Crippen molar-refractivity contribution in [3.8, 4) is 5.75 Å². The average Bonchev–Trinajstić information content (AvgIpc) is 3.55. The fourth-order valence-electron chi connectivity index (χ4n) is 4.63. The Hall–Kier alpha value is -1.94. The zero-order valence-electron chi connectivity index (χ0n) is 19.0. The largest absolute Gasteiger partial charge is 0.496 e. The van der Waals surface area contributed by atoms with E-state index in [2.05, 4.69) is 11.0 Å². The zero-order chi connectivity index (χ0) is 23.3. The third kappa shape index (κ3) is 6.56. The molecule has 180 valence electrons. The van der Waals surface area contributed by atoms with Gasteiger partial charge in [-0.15, -0.1) is 11.3 Å². The van der Waals surface area contributed by atoms with Gasteiger partial charge in [0.15, 0.2) is 9.84 Å². The number of benzene rings is 1. The molecule has 2 atom stereocenters. The van der Waals surface area contributed by atoms with E-state index in [0.717, 1.165) is 24.2 Å². The molecule has 4 rings (SSSR count). The Morgan fingerprint density at radius 2 is 2.03 bits per heavy atom. The summed E-state index contributed by atoms with van der Waals surface area (Å²) in [7, 11) is -1.45. The smallest absolute Gasteiger partial charge is 0.237 e. The van der Waals surface area contributed by atoms with Gasteiger partial charge >= 0.3 is 0 Å². The van der Waals surface area contributed by atoms with Crippen LogP contribution in [0.2, 0.25) is 0 Å². The molecule has 3 heterocycles. The van der Waals surface area contributed by atoms with E-state index in [4.69, 9.17) is 9.47 Å². The summed E-state index contributed by atoms with van der Waals surface area (Å²) in [5, 5.41) is 2.03. The standard InChI is InChI=1S/C24H32N2O5S2/c1-30-23-9-3-2-6-19(23)14-25(16-22-8-5-12-32-22)17-24(27)26(15-21-7-4-11-31-21)20-10-13-33(28,29)18-20/h2-3,5-6,8-9,12,20-21H,4,7,10-11,13-18H2,1H3. The summed E-state index contributed by atoms with van der Waals surface area (Å²) in [5.74, 6) is 0.939. The first-order chi connectivity index (χ1) is 15.9. The predicted octanol–water partition coefficient (Wildman–Crippen LogP) is 2.95. The van der Waals surface area contributed by atoms with Crippen LogP contribution in [0.4, 0.5) is 0 Å². The third-order valence-corrected chi connectivity index (χ3v) is 8.91. The molecule has 33 heavy (non-hydrogen) atoms. The van der Waals surface area contributed by atoms with E-state index < -0.39 is 9.84 Å². The van der Waals surface area contributed by atoms with Crippen LogP contribution in [0.15, 0.2) is 41.8 Å². The van der Waals surface area contributed by atoms with Gasteiger partial charge in [-0.05, 0) is 36.8 Å². The maximum absolute atomic E-state index is 13.6. The maximum atomic E-state index is 13.6. The molecule has 2 fully saturated rings. The van der Waals surface area contributed by atoms with E-state index in [9.17, 15) is 13.2 Å². The maximum Gasteiger partial charge on any atom is 0.237 e. The van der Waals surface area contributed by atoms with Crippen LogP contribution in [0.5, 0.6) is 5.75 Å². The summed E-state index contributed by atoms with van der Waals surface area (Å²) in [6.07, 6.45) is 2.37. The highest BCUT2D eigenvalue weighted by molar-refractivity contribution is 7.91. The number of sulfone groups is 1. The van der Waals surface area contributed by atoms with E-state index in [-0.39, 0.29) is 36.1 Å². The molecule has 2 aromatic rings. The van der Waals surface area contributed by atoms with Crippen molar-refractivity contribution in [2.75, 3.05) is 38.3 Å². The van der Waals surface area contributed by atoms with Gasteiger partial charge in [-0.25, -0.2) is 8.42 Å². The Kier molecular flexibility index (Phi) is 8.06. The molecule has 7 nitrogen and oxygen atoms in total. The summed E-state index contributed by atoms with van der Waals surface area (Å²) in [6.45, 7) is 2.57. The summed E-state index contributed by atoms with van der Waals surface area (Å²) < 4.78 is 35.6. The number of thiophene rings is 1. The van der Waals surface area contributed by atoms with E-state index in [1.807, 2.05) is 35.7 Å². The van der Waals surface area contributed by atoms with Crippen molar-refractivity contribution in [1.82, 2.24) is 9.80 Å². The molecule has 2 aliphatic rings. The number of hydrogen-bond acceptors (Lipinski definition) is 7. The number of carbonyl (C=O) groups is 1. The molecule has 9 heteroatoms. The number of amides is 1.